The Labute approximate surface area is 259 Å². The molecule has 220 valence electrons. The Morgan fingerprint density at radius 3 is 1.58 bits per heavy atom. The molecule has 0 N–H and O–H groups in total. The minimum atomic E-state index is 0.105. The van der Waals surface area contributed by atoms with Gasteiger partial charge in [-0.15, -0.1) is 0 Å². The van der Waals surface area contributed by atoms with Gasteiger partial charge >= 0.3 is 0 Å². The molecule has 43 heavy (non-hydrogen) atoms. The highest BCUT2D eigenvalue weighted by Gasteiger charge is 2.23. The minimum absolute atomic E-state index is 0.105. The van der Waals surface area contributed by atoms with E-state index < -0.39 is 0 Å². The summed E-state index contributed by atoms with van der Waals surface area (Å²) in [4.78, 5) is 2.45. The van der Waals surface area contributed by atoms with Crippen molar-refractivity contribution in [1.29, 1.82) is 0 Å². The topological polar surface area (TPSA) is 3.24 Å². The van der Waals surface area contributed by atoms with Crippen LogP contribution in [-0.4, -0.2) is 0 Å². The standard InChI is InChI=1S/C42H47N/c1-41(2,3)32-22-26-34(27-23-32)43(35-28-24-33(25-29-35)42(4,5)6)39-21-11-10-18-37(39)38-20-13-17-31-16-12-19-36(40(31)38)30-14-8-7-9-15-30/h10-13,16-30H,7-9,14-15H2,1-6H3. The van der Waals surface area contributed by atoms with Crippen molar-refractivity contribution < 1.29 is 0 Å². The number of fused-ring (bicyclic) bond motifs is 1. The maximum absolute atomic E-state index is 2.45. The average molecular weight is 566 g/mol. The number of benzene rings is 5. The van der Waals surface area contributed by atoms with Gasteiger partial charge in [0.25, 0.3) is 0 Å². The van der Waals surface area contributed by atoms with Gasteiger partial charge in [-0.2, -0.15) is 0 Å². The van der Waals surface area contributed by atoms with Gasteiger partial charge in [-0.3, -0.25) is 0 Å². The number of rotatable bonds is 5. The summed E-state index contributed by atoms with van der Waals surface area (Å²) >= 11 is 0. The Balaban J connectivity index is 1.56. The fourth-order valence-corrected chi connectivity index (χ4v) is 6.89. The second-order valence-corrected chi connectivity index (χ2v) is 14.5. The molecule has 1 saturated carbocycles. The lowest BCUT2D eigenvalue weighted by Gasteiger charge is -2.30. The van der Waals surface area contributed by atoms with Crippen molar-refractivity contribution in [3.05, 3.63) is 126 Å². The Kier molecular flexibility index (Phi) is 7.94. The minimum Gasteiger partial charge on any atom is -0.310 e. The SMILES string of the molecule is CC(C)(C)c1ccc(N(c2ccc(C(C)(C)C)cc2)c2ccccc2-c2cccc3cccc(C4CCCCC4)c23)cc1. The highest BCUT2D eigenvalue weighted by Crippen LogP contribution is 2.46. The van der Waals surface area contributed by atoms with Gasteiger partial charge in [-0.25, -0.2) is 0 Å². The summed E-state index contributed by atoms with van der Waals surface area (Å²) in [5.74, 6) is 0.636. The van der Waals surface area contributed by atoms with E-state index in [2.05, 4.69) is 156 Å². The average Bonchev–Trinajstić information content (AvgIpc) is 3.01. The molecule has 1 fully saturated rings. The van der Waals surface area contributed by atoms with Crippen molar-refractivity contribution in [1.82, 2.24) is 0 Å². The lowest BCUT2D eigenvalue weighted by Crippen LogP contribution is -2.15. The van der Waals surface area contributed by atoms with Crippen LogP contribution < -0.4 is 4.90 Å². The van der Waals surface area contributed by atoms with E-state index in [1.807, 2.05) is 0 Å². The van der Waals surface area contributed by atoms with Crippen LogP contribution in [0.25, 0.3) is 21.9 Å². The number of anilines is 3. The van der Waals surface area contributed by atoms with Gasteiger partial charge in [-0.05, 0) is 92.9 Å². The van der Waals surface area contributed by atoms with E-state index in [-0.39, 0.29) is 10.8 Å². The first-order valence-corrected chi connectivity index (χ1v) is 16.2. The largest absolute Gasteiger partial charge is 0.310 e. The first kappa shape index (κ1) is 29.2. The molecule has 0 aliphatic heterocycles. The third kappa shape index (κ3) is 6.00. The molecule has 0 spiro atoms. The van der Waals surface area contributed by atoms with Crippen molar-refractivity contribution >= 4 is 27.8 Å². The molecule has 0 bridgehead atoms. The number of hydrogen-bond acceptors (Lipinski definition) is 1. The third-order valence-electron chi connectivity index (χ3n) is 9.40. The van der Waals surface area contributed by atoms with Crippen LogP contribution in [0.4, 0.5) is 17.1 Å². The highest BCUT2D eigenvalue weighted by atomic mass is 15.1. The van der Waals surface area contributed by atoms with Gasteiger partial charge in [0, 0.05) is 16.9 Å². The van der Waals surface area contributed by atoms with Crippen molar-refractivity contribution in [2.75, 3.05) is 4.90 Å². The molecular formula is C42H47N. The molecule has 1 aliphatic rings. The molecule has 1 nitrogen and oxygen atoms in total. The summed E-state index contributed by atoms with van der Waals surface area (Å²) < 4.78 is 0. The highest BCUT2D eigenvalue weighted by molar-refractivity contribution is 6.03. The van der Waals surface area contributed by atoms with Gasteiger partial charge in [0.2, 0.25) is 0 Å². The first-order chi connectivity index (χ1) is 20.6. The van der Waals surface area contributed by atoms with E-state index in [4.69, 9.17) is 0 Å². The smallest absolute Gasteiger partial charge is 0.0540 e. The normalized spacial score (nSPS) is 14.7. The Morgan fingerprint density at radius 2 is 1.02 bits per heavy atom. The van der Waals surface area contributed by atoms with Gasteiger partial charge in [0.1, 0.15) is 0 Å². The van der Waals surface area contributed by atoms with Gasteiger partial charge in [-0.1, -0.05) is 140 Å². The predicted molar refractivity (Wildman–Crippen MR) is 187 cm³/mol. The van der Waals surface area contributed by atoms with Crippen LogP contribution in [0.15, 0.2) is 109 Å². The Morgan fingerprint density at radius 1 is 0.512 bits per heavy atom. The second-order valence-electron chi connectivity index (χ2n) is 14.5. The van der Waals surface area contributed by atoms with Crippen molar-refractivity contribution in [3.63, 3.8) is 0 Å². The first-order valence-electron chi connectivity index (χ1n) is 16.2. The molecular weight excluding hydrogens is 518 g/mol. The Bertz CT molecular complexity index is 1630. The van der Waals surface area contributed by atoms with Crippen LogP contribution in [-0.2, 0) is 10.8 Å². The van der Waals surface area contributed by atoms with Crippen LogP contribution in [0.1, 0.15) is 96.3 Å². The van der Waals surface area contributed by atoms with Gasteiger partial charge in [0.15, 0.2) is 0 Å². The zero-order valence-corrected chi connectivity index (χ0v) is 27.0. The van der Waals surface area contributed by atoms with E-state index in [1.54, 1.807) is 0 Å². The monoisotopic (exact) mass is 565 g/mol. The third-order valence-corrected chi connectivity index (χ3v) is 9.40. The summed E-state index contributed by atoms with van der Waals surface area (Å²) in [5, 5.41) is 2.77. The summed E-state index contributed by atoms with van der Waals surface area (Å²) in [7, 11) is 0. The molecule has 0 unspecified atom stereocenters. The van der Waals surface area contributed by atoms with E-state index in [0.29, 0.717) is 5.92 Å². The van der Waals surface area contributed by atoms with E-state index in [0.717, 1.165) is 0 Å². The summed E-state index contributed by atoms with van der Waals surface area (Å²) in [5.41, 5.74) is 10.6. The lowest BCUT2D eigenvalue weighted by atomic mass is 9.80. The second kappa shape index (κ2) is 11.7. The molecule has 5 aromatic rings. The fraction of sp³-hybridized carbons (Fsp3) is 0.333. The quantitative estimate of drug-likeness (QED) is 0.205. The van der Waals surface area contributed by atoms with Crippen LogP contribution in [0.3, 0.4) is 0 Å². The number of nitrogens with zero attached hydrogens (tertiary/aromatic N) is 1. The molecule has 0 heterocycles. The molecule has 0 aromatic heterocycles. The molecule has 1 aliphatic carbocycles. The van der Waals surface area contributed by atoms with Crippen molar-refractivity contribution in [3.8, 4) is 11.1 Å². The number of hydrogen-bond donors (Lipinski definition) is 0. The summed E-state index contributed by atoms with van der Waals surface area (Å²) in [6, 6.07) is 41.2. The predicted octanol–water partition coefficient (Wildman–Crippen LogP) is 12.6. The summed E-state index contributed by atoms with van der Waals surface area (Å²) in [6.45, 7) is 13.7. The van der Waals surface area contributed by atoms with E-state index in [9.17, 15) is 0 Å². The van der Waals surface area contributed by atoms with Crippen LogP contribution >= 0.6 is 0 Å². The maximum Gasteiger partial charge on any atom is 0.0540 e. The van der Waals surface area contributed by atoms with Crippen LogP contribution in [0.5, 0.6) is 0 Å². The molecule has 0 atom stereocenters. The molecule has 0 saturated heterocycles. The molecule has 0 radical (unpaired) electrons. The Hall–Kier alpha value is -3.84. The molecule has 6 rings (SSSR count). The van der Waals surface area contributed by atoms with Crippen LogP contribution in [0.2, 0.25) is 0 Å². The van der Waals surface area contributed by atoms with Crippen molar-refractivity contribution in [2.24, 2.45) is 0 Å². The van der Waals surface area contributed by atoms with Gasteiger partial charge in [0.05, 0.1) is 5.69 Å². The van der Waals surface area contributed by atoms with Gasteiger partial charge < -0.3 is 4.90 Å². The zero-order valence-electron chi connectivity index (χ0n) is 27.0. The fourth-order valence-electron chi connectivity index (χ4n) is 6.89. The molecule has 0 amide bonds. The zero-order chi connectivity index (χ0) is 30.2. The van der Waals surface area contributed by atoms with Crippen LogP contribution in [0, 0.1) is 0 Å². The van der Waals surface area contributed by atoms with Crippen molar-refractivity contribution in [2.45, 2.75) is 90.4 Å². The van der Waals surface area contributed by atoms with E-state index in [1.165, 1.54) is 87.8 Å². The molecule has 1 heteroatoms. The summed E-state index contributed by atoms with van der Waals surface area (Å²) in [6.07, 6.45) is 6.63. The maximum atomic E-state index is 2.45. The molecule has 5 aromatic carbocycles. The number of para-hydroxylation sites is 1. The van der Waals surface area contributed by atoms with E-state index >= 15 is 0 Å². The lowest BCUT2D eigenvalue weighted by molar-refractivity contribution is 0.445.